The molecular formula is C10H11NOS2. The van der Waals surface area contributed by atoms with Crippen molar-refractivity contribution in [3.05, 3.63) is 35.9 Å². The second-order valence-corrected chi connectivity index (χ2v) is 4.14. The van der Waals surface area contributed by atoms with Gasteiger partial charge in [-0.25, -0.2) is 0 Å². The molecule has 0 N–H and O–H groups in total. The summed E-state index contributed by atoms with van der Waals surface area (Å²) in [6.45, 7) is 0. The third-order valence-corrected chi connectivity index (χ3v) is 3.17. The maximum Gasteiger partial charge on any atom is 0.259 e. The predicted octanol–water partition coefficient (Wildman–Crippen LogP) is 2.41. The molecular weight excluding hydrogens is 214 g/mol. The van der Waals surface area contributed by atoms with Crippen LogP contribution in [0.4, 0.5) is 0 Å². The van der Waals surface area contributed by atoms with E-state index in [0.717, 1.165) is 0 Å². The molecule has 0 aliphatic heterocycles. The molecule has 0 atom stereocenters. The van der Waals surface area contributed by atoms with Crippen molar-refractivity contribution in [3.63, 3.8) is 0 Å². The van der Waals surface area contributed by atoms with E-state index < -0.39 is 0 Å². The van der Waals surface area contributed by atoms with Gasteiger partial charge in [-0.05, 0) is 18.4 Å². The van der Waals surface area contributed by atoms with Gasteiger partial charge in [0.1, 0.15) is 4.32 Å². The Morgan fingerprint density at radius 3 is 2.43 bits per heavy atom. The third kappa shape index (κ3) is 2.56. The zero-order valence-electron chi connectivity index (χ0n) is 8.06. The fourth-order valence-electron chi connectivity index (χ4n) is 0.994. The minimum atomic E-state index is -0.0649. The monoisotopic (exact) mass is 225 g/mol. The van der Waals surface area contributed by atoms with Crippen LogP contribution >= 0.6 is 24.0 Å². The lowest BCUT2D eigenvalue weighted by molar-refractivity contribution is 0.0875. The van der Waals surface area contributed by atoms with Crippen molar-refractivity contribution in [1.29, 1.82) is 0 Å². The fourth-order valence-corrected chi connectivity index (χ4v) is 1.43. The molecule has 0 radical (unpaired) electrons. The number of thioether (sulfide) groups is 1. The van der Waals surface area contributed by atoms with Crippen LogP contribution in [0.5, 0.6) is 0 Å². The van der Waals surface area contributed by atoms with E-state index in [1.807, 2.05) is 24.5 Å². The van der Waals surface area contributed by atoms with Crippen molar-refractivity contribution in [2.24, 2.45) is 0 Å². The van der Waals surface area contributed by atoms with Crippen LogP contribution in [-0.4, -0.2) is 28.4 Å². The van der Waals surface area contributed by atoms with Crippen molar-refractivity contribution in [3.8, 4) is 0 Å². The highest BCUT2D eigenvalue weighted by Gasteiger charge is 2.13. The Morgan fingerprint density at radius 2 is 1.93 bits per heavy atom. The van der Waals surface area contributed by atoms with Crippen LogP contribution in [0.2, 0.25) is 0 Å². The number of hydrogen-bond acceptors (Lipinski definition) is 3. The number of benzene rings is 1. The highest BCUT2D eigenvalue weighted by molar-refractivity contribution is 8.22. The highest BCUT2D eigenvalue weighted by Crippen LogP contribution is 2.08. The molecule has 0 aliphatic rings. The first-order chi connectivity index (χ1) is 6.66. The highest BCUT2D eigenvalue weighted by atomic mass is 32.2. The minimum absolute atomic E-state index is 0.0649. The van der Waals surface area contributed by atoms with Gasteiger partial charge in [0.25, 0.3) is 5.91 Å². The lowest BCUT2D eigenvalue weighted by Crippen LogP contribution is -2.29. The standard InChI is InChI=1S/C10H11NOS2/c1-11(10(13)14-2)9(12)8-6-4-3-5-7-8/h3-7H,1-2H3. The molecule has 74 valence electrons. The number of hydrogen-bond donors (Lipinski definition) is 0. The first-order valence-corrected chi connectivity index (χ1v) is 5.71. The summed E-state index contributed by atoms with van der Waals surface area (Å²) in [5, 5.41) is 0. The summed E-state index contributed by atoms with van der Waals surface area (Å²) in [6.07, 6.45) is 1.86. The van der Waals surface area contributed by atoms with Crippen LogP contribution in [-0.2, 0) is 0 Å². The van der Waals surface area contributed by atoms with Crippen molar-refractivity contribution in [1.82, 2.24) is 4.90 Å². The summed E-state index contributed by atoms with van der Waals surface area (Å²) in [6, 6.07) is 9.11. The second-order valence-electron chi connectivity index (χ2n) is 2.70. The lowest BCUT2D eigenvalue weighted by Gasteiger charge is -2.15. The number of carbonyl (C=O) groups excluding carboxylic acids is 1. The van der Waals surface area contributed by atoms with Crippen molar-refractivity contribution >= 4 is 34.2 Å². The number of carbonyl (C=O) groups is 1. The van der Waals surface area contributed by atoms with Gasteiger partial charge in [0, 0.05) is 12.6 Å². The molecule has 4 heteroatoms. The Labute approximate surface area is 93.3 Å². The number of nitrogens with zero attached hydrogens (tertiary/aromatic N) is 1. The maximum absolute atomic E-state index is 11.8. The summed E-state index contributed by atoms with van der Waals surface area (Å²) >= 11 is 6.41. The largest absolute Gasteiger partial charge is 0.297 e. The Balaban J connectivity index is 2.81. The first kappa shape index (κ1) is 11.2. The zero-order chi connectivity index (χ0) is 10.6. The molecule has 0 saturated heterocycles. The number of rotatable bonds is 1. The van der Waals surface area contributed by atoms with E-state index in [9.17, 15) is 4.79 Å². The predicted molar refractivity (Wildman–Crippen MR) is 64.6 cm³/mol. The average molecular weight is 225 g/mol. The molecule has 0 spiro atoms. The zero-order valence-corrected chi connectivity index (χ0v) is 9.69. The van der Waals surface area contributed by atoms with E-state index in [-0.39, 0.29) is 5.91 Å². The molecule has 0 heterocycles. The Kier molecular flexibility index (Phi) is 4.10. The minimum Gasteiger partial charge on any atom is -0.297 e. The van der Waals surface area contributed by atoms with Crippen LogP contribution in [0.1, 0.15) is 10.4 Å². The topological polar surface area (TPSA) is 20.3 Å². The van der Waals surface area contributed by atoms with Gasteiger partial charge >= 0.3 is 0 Å². The molecule has 14 heavy (non-hydrogen) atoms. The first-order valence-electron chi connectivity index (χ1n) is 4.08. The average Bonchev–Trinajstić information content (AvgIpc) is 2.27. The van der Waals surface area contributed by atoms with Gasteiger partial charge in [-0.15, -0.1) is 0 Å². The molecule has 1 rings (SSSR count). The summed E-state index contributed by atoms with van der Waals surface area (Å²) in [7, 11) is 1.69. The van der Waals surface area contributed by atoms with Gasteiger partial charge in [0.05, 0.1) is 0 Å². The van der Waals surface area contributed by atoms with E-state index in [2.05, 4.69) is 0 Å². The third-order valence-electron chi connectivity index (χ3n) is 1.77. The second kappa shape index (κ2) is 5.12. The van der Waals surface area contributed by atoms with Gasteiger partial charge in [0.2, 0.25) is 0 Å². The van der Waals surface area contributed by atoms with Gasteiger partial charge in [-0.3, -0.25) is 9.69 Å². The van der Waals surface area contributed by atoms with Crippen LogP contribution in [0.25, 0.3) is 0 Å². The van der Waals surface area contributed by atoms with Gasteiger partial charge in [-0.1, -0.05) is 42.2 Å². The van der Waals surface area contributed by atoms with Gasteiger partial charge in [-0.2, -0.15) is 0 Å². The molecule has 0 unspecified atom stereocenters. The molecule has 1 amide bonds. The number of amides is 1. The van der Waals surface area contributed by atoms with E-state index in [1.165, 1.54) is 16.7 Å². The van der Waals surface area contributed by atoms with E-state index in [4.69, 9.17) is 12.2 Å². The van der Waals surface area contributed by atoms with Gasteiger partial charge in [0.15, 0.2) is 0 Å². The van der Waals surface area contributed by atoms with E-state index in [1.54, 1.807) is 19.2 Å². The smallest absolute Gasteiger partial charge is 0.259 e. The normalized spacial score (nSPS) is 9.57. The summed E-state index contributed by atoms with van der Waals surface area (Å²) in [5.41, 5.74) is 0.659. The fraction of sp³-hybridized carbons (Fsp3) is 0.200. The quantitative estimate of drug-likeness (QED) is 0.685. The molecule has 0 fully saturated rings. The molecule has 2 nitrogen and oxygen atoms in total. The summed E-state index contributed by atoms with van der Waals surface area (Å²) < 4.78 is 0.582. The van der Waals surface area contributed by atoms with Crippen molar-refractivity contribution in [2.75, 3.05) is 13.3 Å². The van der Waals surface area contributed by atoms with Crippen LogP contribution < -0.4 is 0 Å². The van der Waals surface area contributed by atoms with Crippen LogP contribution in [0.15, 0.2) is 30.3 Å². The Morgan fingerprint density at radius 1 is 1.36 bits per heavy atom. The molecule has 0 aliphatic carbocycles. The Hall–Kier alpha value is -0.870. The van der Waals surface area contributed by atoms with Crippen LogP contribution in [0, 0.1) is 0 Å². The van der Waals surface area contributed by atoms with Crippen LogP contribution in [0.3, 0.4) is 0 Å². The SMILES string of the molecule is CSC(=S)N(C)C(=O)c1ccccc1. The molecule has 1 aromatic rings. The summed E-state index contributed by atoms with van der Waals surface area (Å²) in [4.78, 5) is 13.3. The summed E-state index contributed by atoms with van der Waals surface area (Å²) in [5.74, 6) is -0.0649. The van der Waals surface area contributed by atoms with Crippen molar-refractivity contribution < 1.29 is 4.79 Å². The number of thiocarbonyl (C=S) groups is 1. The molecule has 0 saturated carbocycles. The molecule has 0 bridgehead atoms. The Bertz CT molecular complexity index is 337. The molecule has 1 aromatic carbocycles. The molecule has 0 aromatic heterocycles. The van der Waals surface area contributed by atoms with E-state index >= 15 is 0 Å². The van der Waals surface area contributed by atoms with Gasteiger partial charge < -0.3 is 0 Å². The van der Waals surface area contributed by atoms with Crippen molar-refractivity contribution in [2.45, 2.75) is 0 Å². The lowest BCUT2D eigenvalue weighted by atomic mass is 10.2. The maximum atomic E-state index is 11.8. The van der Waals surface area contributed by atoms with E-state index in [0.29, 0.717) is 9.88 Å².